The third-order valence-electron chi connectivity index (χ3n) is 3.07. The van der Waals surface area contributed by atoms with Crippen molar-refractivity contribution < 1.29 is 4.92 Å². The van der Waals surface area contributed by atoms with Crippen LogP contribution in [0.25, 0.3) is 10.9 Å². The average Bonchev–Trinajstić information content (AvgIpc) is 2.89. The highest BCUT2D eigenvalue weighted by atomic mass is 79.9. The predicted molar refractivity (Wildman–Crippen MR) is 87.7 cm³/mol. The van der Waals surface area contributed by atoms with Gasteiger partial charge in [-0.3, -0.25) is 15.1 Å². The molecule has 21 heavy (non-hydrogen) atoms. The van der Waals surface area contributed by atoms with Crippen molar-refractivity contribution in [3.8, 4) is 0 Å². The first kappa shape index (κ1) is 14.0. The Hall–Kier alpha value is -1.99. The minimum Gasteiger partial charge on any atom is -0.375 e. The summed E-state index contributed by atoms with van der Waals surface area (Å²) in [6.45, 7) is 0.533. The number of fused-ring (bicyclic) bond motifs is 1. The molecule has 0 atom stereocenters. The van der Waals surface area contributed by atoms with Crippen molar-refractivity contribution >= 4 is 49.5 Å². The second-order valence-electron chi connectivity index (χ2n) is 4.33. The van der Waals surface area contributed by atoms with Crippen LogP contribution in [0.3, 0.4) is 0 Å². The topological polar surface area (TPSA) is 68.1 Å². The van der Waals surface area contributed by atoms with Crippen LogP contribution >= 0.6 is 27.3 Å². The Labute approximate surface area is 132 Å². The van der Waals surface area contributed by atoms with Crippen LogP contribution in [0, 0.1) is 10.1 Å². The van der Waals surface area contributed by atoms with E-state index < -0.39 is 0 Å². The molecule has 0 radical (unpaired) electrons. The summed E-state index contributed by atoms with van der Waals surface area (Å²) in [5.41, 5.74) is 1.18. The van der Waals surface area contributed by atoms with Crippen molar-refractivity contribution in [1.82, 2.24) is 4.98 Å². The number of hydrogen-bond acceptors (Lipinski definition) is 5. The summed E-state index contributed by atoms with van der Waals surface area (Å²) in [5.74, 6) is 0. The molecule has 0 amide bonds. The molecule has 3 aromatic rings. The van der Waals surface area contributed by atoms with Crippen molar-refractivity contribution in [2.45, 2.75) is 6.54 Å². The highest BCUT2D eigenvalue weighted by molar-refractivity contribution is 9.10. The van der Waals surface area contributed by atoms with Crippen LogP contribution in [-0.2, 0) is 6.54 Å². The number of rotatable bonds is 4. The molecular weight excluding hydrogens is 354 g/mol. The van der Waals surface area contributed by atoms with Gasteiger partial charge in [0.05, 0.1) is 22.4 Å². The average molecular weight is 364 g/mol. The first-order valence-corrected chi connectivity index (χ1v) is 7.82. The Morgan fingerprint density at radius 3 is 2.90 bits per heavy atom. The Morgan fingerprint density at radius 2 is 2.19 bits per heavy atom. The first-order chi connectivity index (χ1) is 10.2. The maximum atomic E-state index is 11.4. The number of nitro benzene ring substituents is 1. The number of nitrogens with one attached hydrogen (secondary N) is 1. The molecule has 0 unspecified atom stereocenters. The molecule has 0 bridgehead atoms. The molecule has 3 rings (SSSR count). The lowest BCUT2D eigenvalue weighted by Crippen LogP contribution is -2.02. The Morgan fingerprint density at radius 1 is 1.33 bits per heavy atom. The van der Waals surface area contributed by atoms with Crippen LogP contribution in [0.4, 0.5) is 11.4 Å². The van der Waals surface area contributed by atoms with Crippen LogP contribution < -0.4 is 5.32 Å². The van der Waals surface area contributed by atoms with Gasteiger partial charge in [-0.1, -0.05) is 0 Å². The molecule has 5 nitrogen and oxygen atoms in total. The number of nitro groups is 1. The molecule has 7 heteroatoms. The number of anilines is 1. The quantitative estimate of drug-likeness (QED) is 0.544. The SMILES string of the molecule is O=[N+]([O-])c1c(NCc2sccc2Br)ccc2ncccc12. The standard InChI is InChI=1S/C14H10BrN3O2S/c15-10-5-7-21-13(10)8-17-12-4-3-11-9(2-1-6-16-11)14(12)18(19)20/h1-7,17H,8H2. The summed E-state index contributed by atoms with van der Waals surface area (Å²) >= 11 is 5.05. The van der Waals surface area contributed by atoms with E-state index in [0.29, 0.717) is 23.1 Å². The lowest BCUT2D eigenvalue weighted by atomic mass is 10.1. The zero-order chi connectivity index (χ0) is 14.8. The number of benzene rings is 1. The molecular formula is C14H10BrN3O2S. The number of halogens is 1. The molecule has 0 fully saturated rings. The zero-order valence-electron chi connectivity index (χ0n) is 10.7. The lowest BCUT2D eigenvalue weighted by molar-refractivity contribution is -0.382. The van der Waals surface area contributed by atoms with E-state index in [2.05, 4.69) is 26.2 Å². The van der Waals surface area contributed by atoms with Gasteiger partial charge in [-0.05, 0) is 51.6 Å². The van der Waals surface area contributed by atoms with Crippen molar-refractivity contribution in [2.75, 3.05) is 5.32 Å². The monoisotopic (exact) mass is 363 g/mol. The van der Waals surface area contributed by atoms with Crippen LogP contribution in [0.1, 0.15) is 4.88 Å². The molecule has 0 saturated carbocycles. The van der Waals surface area contributed by atoms with E-state index in [-0.39, 0.29) is 10.6 Å². The highest BCUT2D eigenvalue weighted by Crippen LogP contribution is 2.33. The van der Waals surface area contributed by atoms with E-state index in [9.17, 15) is 10.1 Å². The maximum absolute atomic E-state index is 11.4. The van der Waals surface area contributed by atoms with Gasteiger partial charge < -0.3 is 5.32 Å². The molecule has 0 spiro atoms. The van der Waals surface area contributed by atoms with Gasteiger partial charge in [0, 0.05) is 15.5 Å². The van der Waals surface area contributed by atoms with Gasteiger partial charge in [-0.15, -0.1) is 11.3 Å². The number of aromatic nitrogens is 1. The number of hydrogen-bond donors (Lipinski definition) is 1. The normalized spacial score (nSPS) is 10.7. The molecule has 0 aliphatic carbocycles. The zero-order valence-corrected chi connectivity index (χ0v) is 13.1. The van der Waals surface area contributed by atoms with E-state index in [1.807, 2.05) is 11.4 Å². The summed E-state index contributed by atoms with van der Waals surface area (Å²) in [6, 6.07) is 8.87. The van der Waals surface area contributed by atoms with E-state index in [4.69, 9.17) is 0 Å². The molecule has 1 aromatic carbocycles. The summed E-state index contributed by atoms with van der Waals surface area (Å²) in [5, 5.41) is 17.0. The van der Waals surface area contributed by atoms with Crippen LogP contribution in [0.2, 0.25) is 0 Å². The van der Waals surface area contributed by atoms with Crippen molar-refractivity contribution in [3.63, 3.8) is 0 Å². The molecule has 106 valence electrons. The Bertz CT molecular complexity index is 819. The van der Waals surface area contributed by atoms with E-state index in [1.165, 1.54) is 0 Å². The van der Waals surface area contributed by atoms with Crippen LogP contribution in [0.15, 0.2) is 46.4 Å². The number of thiophene rings is 1. The van der Waals surface area contributed by atoms with Gasteiger partial charge in [0.1, 0.15) is 5.69 Å². The fourth-order valence-corrected chi connectivity index (χ4v) is 3.54. The lowest BCUT2D eigenvalue weighted by Gasteiger charge is -2.08. The fraction of sp³-hybridized carbons (Fsp3) is 0.0714. The van der Waals surface area contributed by atoms with Gasteiger partial charge in [0.2, 0.25) is 0 Å². The van der Waals surface area contributed by atoms with Crippen LogP contribution in [0.5, 0.6) is 0 Å². The van der Waals surface area contributed by atoms with Crippen molar-refractivity contribution in [2.24, 2.45) is 0 Å². The molecule has 1 N–H and O–H groups in total. The third-order valence-corrected chi connectivity index (χ3v) is 5.00. The summed E-state index contributed by atoms with van der Waals surface area (Å²) in [7, 11) is 0. The fourth-order valence-electron chi connectivity index (χ4n) is 2.10. The predicted octanol–water partition coefficient (Wildman–Crippen LogP) is 4.58. The van der Waals surface area contributed by atoms with Crippen molar-refractivity contribution in [1.29, 1.82) is 0 Å². The van der Waals surface area contributed by atoms with Gasteiger partial charge in [-0.2, -0.15) is 0 Å². The third kappa shape index (κ3) is 2.74. The minimum absolute atomic E-state index is 0.0632. The van der Waals surface area contributed by atoms with Crippen LogP contribution in [-0.4, -0.2) is 9.91 Å². The molecule has 0 aliphatic rings. The Balaban J connectivity index is 2.00. The Kier molecular flexibility index (Phi) is 3.85. The van der Waals surface area contributed by atoms with Crippen molar-refractivity contribution in [3.05, 3.63) is 61.4 Å². The molecule has 0 saturated heterocycles. The van der Waals surface area contributed by atoms with Gasteiger partial charge in [0.25, 0.3) is 0 Å². The van der Waals surface area contributed by atoms with E-state index in [0.717, 1.165) is 9.35 Å². The number of pyridine rings is 1. The minimum atomic E-state index is -0.365. The molecule has 2 heterocycles. The smallest absolute Gasteiger partial charge is 0.301 e. The highest BCUT2D eigenvalue weighted by Gasteiger charge is 2.18. The first-order valence-electron chi connectivity index (χ1n) is 6.14. The molecule has 0 aliphatic heterocycles. The number of nitrogens with zero attached hydrogens (tertiary/aromatic N) is 2. The summed E-state index contributed by atoms with van der Waals surface area (Å²) in [4.78, 5) is 16.3. The second-order valence-corrected chi connectivity index (χ2v) is 6.19. The van der Waals surface area contributed by atoms with Gasteiger partial charge in [0.15, 0.2) is 0 Å². The summed E-state index contributed by atoms with van der Waals surface area (Å²) < 4.78 is 1.00. The maximum Gasteiger partial charge on any atom is 0.301 e. The molecule has 2 aromatic heterocycles. The van der Waals surface area contributed by atoms with Gasteiger partial charge in [-0.25, -0.2) is 0 Å². The van der Waals surface area contributed by atoms with E-state index >= 15 is 0 Å². The van der Waals surface area contributed by atoms with E-state index in [1.54, 1.807) is 41.8 Å². The summed E-state index contributed by atoms with van der Waals surface area (Å²) in [6.07, 6.45) is 1.63. The van der Waals surface area contributed by atoms with Gasteiger partial charge >= 0.3 is 5.69 Å². The largest absolute Gasteiger partial charge is 0.375 e. The second kappa shape index (κ2) is 5.79.